The van der Waals surface area contributed by atoms with Gasteiger partial charge in [0.25, 0.3) is 0 Å². The van der Waals surface area contributed by atoms with E-state index in [1.807, 2.05) is 0 Å². The topological polar surface area (TPSA) is 161 Å². The summed E-state index contributed by atoms with van der Waals surface area (Å²) in [5.74, 6) is -4.33. The minimum Gasteiger partial charge on any atom is -0.550 e. The van der Waals surface area contributed by atoms with Gasteiger partial charge in [0, 0.05) is 23.9 Å². The number of hydrogen-bond acceptors (Lipinski definition) is 8. The molecule has 0 unspecified atom stereocenters. The number of hydrogen-bond donors (Lipinski definition) is 0. The molecule has 0 fully saturated rings. The van der Waals surface area contributed by atoms with E-state index in [0.717, 1.165) is 27.7 Å². The van der Waals surface area contributed by atoms with Crippen molar-refractivity contribution in [3.8, 4) is 0 Å². The zero-order valence-corrected chi connectivity index (χ0v) is 14.3. The fourth-order valence-corrected chi connectivity index (χ4v) is 0. The molecule has 0 aliphatic heterocycles. The average Bonchev–Trinajstić information content (AvgIpc) is 1.76. The van der Waals surface area contributed by atoms with Crippen LogP contribution >= 0.6 is 17.0 Å². The first-order chi connectivity index (χ1) is 6.93. The molecular weight excluding hydrogens is 418 g/mol. The van der Waals surface area contributed by atoms with Gasteiger partial charge in [0.05, 0.1) is 0 Å². The van der Waals surface area contributed by atoms with E-state index in [1.54, 1.807) is 0 Å². The zero-order valence-electron chi connectivity index (χ0n) is 10.4. The Labute approximate surface area is 142 Å². The number of carboxylic acid groups (broad SMARTS) is 4. The van der Waals surface area contributed by atoms with Crippen LogP contribution in [0.4, 0.5) is 0 Å². The Morgan fingerprint density at radius 2 is 0.579 bits per heavy atom. The number of carbonyl (C=O) groups excluding carboxylic acids is 4. The molecule has 0 aromatic rings. The maximum absolute atomic E-state index is 8.89. The smallest absolute Gasteiger partial charge is 0.550 e. The Morgan fingerprint density at radius 3 is 0.579 bits per heavy atom. The molecule has 19 heavy (non-hydrogen) atoms. The molecule has 0 atom stereocenters. The van der Waals surface area contributed by atoms with Gasteiger partial charge in [-0.15, -0.1) is 17.0 Å². The van der Waals surface area contributed by atoms with Gasteiger partial charge in [-0.1, -0.05) is 0 Å². The summed E-state index contributed by atoms with van der Waals surface area (Å²) < 4.78 is 0. The SMILES string of the molecule is Br.CC(=O)[O-].CC(=O)[O-].CC(=O)[O-].CC(=O)[O-].[Co+2].[Mn+2]. The molecule has 116 valence electrons. The van der Waals surface area contributed by atoms with E-state index in [4.69, 9.17) is 39.6 Å². The van der Waals surface area contributed by atoms with Gasteiger partial charge in [0.2, 0.25) is 0 Å². The first-order valence-corrected chi connectivity index (χ1v) is 3.63. The Hall–Kier alpha value is -0.614. The van der Waals surface area contributed by atoms with Crippen molar-refractivity contribution in [3.63, 3.8) is 0 Å². The molecule has 0 aromatic carbocycles. The molecule has 0 aliphatic carbocycles. The molecule has 0 aliphatic rings. The van der Waals surface area contributed by atoms with Crippen molar-refractivity contribution in [2.24, 2.45) is 0 Å². The largest absolute Gasteiger partial charge is 2.00 e. The third-order valence-electron chi connectivity index (χ3n) is 0. The van der Waals surface area contributed by atoms with Gasteiger partial charge in [-0.05, 0) is 27.7 Å². The molecule has 0 spiro atoms. The minimum absolute atomic E-state index is 0. The molecule has 0 rings (SSSR count). The quantitative estimate of drug-likeness (QED) is 0.348. The van der Waals surface area contributed by atoms with Crippen molar-refractivity contribution in [2.75, 3.05) is 0 Å². The number of aliphatic carboxylic acids is 4. The molecule has 11 heteroatoms. The van der Waals surface area contributed by atoms with E-state index >= 15 is 0 Å². The molecule has 2 radical (unpaired) electrons. The predicted molar refractivity (Wildman–Crippen MR) is 53.0 cm³/mol. The molecule has 0 heterocycles. The summed E-state index contributed by atoms with van der Waals surface area (Å²) in [5, 5.41) is 35.6. The number of halogens is 1. The molecule has 0 amide bonds. The summed E-state index contributed by atoms with van der Waals surface area (Å²) in [5.41, 5.74) is 0. The summed E-state index contributed by atoms with van der Waals surface area (Å²) in [7, 11) is 0. The van der Waals surface area contributed by atoms with E-state index in [0.29, 0.717) is 0 Å². The monoisotopic (exact) mass is 430 g/mol. The van der Waals surface area contributed by atoms with Crippen LogP contribution in [0, 0.1) is 0 Å². The van der Waals surface area contributed by atoms with Gasteiger partial charge in [-0.25, -0.2) is 0 Å². The van der Waals surface area contributed by atoms with Crippen LogP contribution in [0.2, 0.25) is 0 Å². The van der Waals surface area contributed by atoms with E-state index in [2.05, 4.69) is 0 Å². The van der Waals surface area contributed by atoms with Crippen LogP contribution in [0.15, 0.2) is 0 Å². The predicted octanol–water partition coefficient (Wildman–Crippen LogP) is -4.40. The summed E-state index contributed by atoms with van der Waals surface area (Å²) in [6, 6.07) is 0. The second-order valence-electron chi connectivity index (χ2n) is 1.97. The Kier molecular flexibility index (Phi) is 81.2. The maximum atomic E-state index is 8.89. The fourth-order valence-electron chi connectivity index (χ4n) is 0. The second kappa shape index (κ2) is 36.0. The Morgan fingerprint density at radius 1 is 0.579 bits per heavy atom. The van der Waals surface area contributed by atoms with Crippen LogP contribution in [0.1, 0.15) is 27.7 Å². The first-order valence-electron chi connectivity index (χ1n) is 3.63. The van der Waals surface area contributed by atoms with E-state index in [1.165, 1.54) is 0 Å². The van der Waals surface area contributed by atoms with Crippen LogP contribution in [-0.2, 0) is 53.0 Å². The zero-order chi connectivity index (χ0) is 14.3. The van der Waals surface area contributed by atoms with Gasteiger partial charge in [-0.3, -0.25) is 0 Å². The maximum Gasteiger partial charge on any atom is 2.00 e. The van der Waals surface area contributed by atoms with Crippen LogP contribution in [0.3, 0.4) is 0 Å². The Bertz CT molecular complexity index is 173. The molecular formula is C8H13BrCoMnO8. The number of carboxylic acids is 4. The molecule has 0 aromatic heterocycles. The standard InChI is InChI=1S/4C2H4O2.BrH.Co.Mn/c4*1-2(3)4;;;/h4*1H3,(H,3,4);1H;;/q;;;;;2*+2/p-4. The number of carbonyl (C=O) groups is 4. The molecule has 0 saturated heterocycles. The van der Waals surface area contributed by atoms with Crippen molar-refractivity contribution in [3.05, 3.63) is 0 Å². The summed E-state index contributed by atoms with van der Waals surface area (Å²) >= 11 is 0. The fraction of sp³-hybridized carbons (Fsp3) is 0.500. The van der Waals surface area contributed by atoms with Crippen LogP contribution < -0.4 is 20.4 Å². The van der Waals surface area contributed by atoms with Crippen molar-refractivity contribution in [1.29, 1.82) is 0 Å². The van der Waals surface area contributed by atoms with Gasteiger partial charge in [0.1, 0.15) is 0 Å². The van der Waals surface area contributed by atoms with Crippen LogP contribution in [0.5, 0.6) is 0 Å². The molecule has 0 saturated carbocycles. The van der Waals surface area contributed by atoms with Gasteiger partial charge >= 0.3 is 33.8 Å². The number of rotatable bonds is 0. The van der Waals surface area contributed by atoms with E-state index in [-0.39, 0.29) is 50.8 Å². The molecule has 0 bridgehead atoms. The minimum atomic E-state index is -1.08. The van der Waals surface area contributed by atoms with E-state index < -0.39 is 23.9 Å². The normalized spacial score (nSPS) is 5.26. The Balaban J connectivity index is -0.0000000192. The van der Waals surface area contributed by atoms with Gasteiger partial charge in [-0.2, -0.15) is 0 Å². The third kappa shape index (κ3) is 10900. The van der Waals surface area contributed by atoms with Gasteiger partial charge < -0.3 is 39.6 Å². The van der Waals surface area contributed by atoms with Crippen molar-refractivity contribution >= 4 is 40.9 Å². The van der Waals surface area contributed by atoms with Crippen molar-refractivity contribution in [2.45, 2.75) is 27.7 Å². The summed E-state index contributed by atoms with van der Waals surface area (Å²) in [6.07, 6.45) is 0. The molecule has 8 nitrogen and oxygen atoms in total. The summed E-state index contributed by atoms with van der Waals surface area (Å²) in [4.78, 5) is 35.6. The van der Waals surface area contributed by atoms with Crippen LogP contribution in [-0.4, -0.2) is 23.9 Å². The average molecular weight is 431 g/mol. The van der Waals surface area contributed by atoms with Crippen molar-refractivity contribution in [1.82, 2.24) is 0 Å². The molecule has 0 N–H and O–H groups in total. The second-order valence-corrected chi connectivity index (χ2v) is 1.97. The van der Waals surface area contributed by atoms with E-state index in [9.17, 15) is 0 Å². The van der Waals surface area contributed by atoms with Crippen molar-refractivity contribution < 1.29 is 73.5 Å². The third-order valence-corrected chi connectivity index (χ3v) is 0. The van der Waals surface area contributed by atoms with Gasteiger partial charge in [0.15, 0.2) is 0 Å². The first kappa shape index (κ1) is 42.9. The summed E-state index contributed by atoms with van der Waals surface area (Å²) in [6.45, 7) is 3.89. The van der Waals surface area contributed by atoms with Crippen LogP contribution in [0.25, 0.3) is 0 Å².